The van der Waals surface area contributed by atoms with Crippen LogP contribution >= 0.6 is 0 Å². The van der Waals surface area contributed by atoms with Gasteiger partial charge in [0, 0.05) is 25.1 Å². The maximum absolute atomic E-state index is 11.8. The summed E-state index contributed by atoms with van der Waals surface area (Å²) in [7, 11) is 0. The van der Waals surface area contributed by atoms with Gasteiger partial charge in [-0.05, 0) is 6.92 Å². The number of carbonyl (C=O) groups excluding carboxylic acids is 1. The van der Waals surface area contributed by atoms with Crippen LogP contribution in [0.2, 0.25) is 0 Å². The fraction of sp³-hybridized carbons (Fsp3) is 0.500. The highest BCUT2D eigenvalue weighted by Crippen LogP contribution is 2.25. The highest BCUT2D eigenvalue weighted by molar-refractivity contribution is 5.90. The molecule has 0 aromatic carbocycles. The lowest BCUT2D eigenvalue weighted by Crippen LogP contribution is -2.33. The van der Waals surface area contributed by atoms with Crippen LogP contribution in [-0.4, -0.2) is 39.0 Å². The number of oxime groups is 1. The number of aliphatic hydroxyl groups excluding tert-OH is 1. The molecule has 0 spiro atoms. The van der Waals surface area contributed by atoms with Gasteiger partial charge in [0.1, 0.15) is 12.3 Å². The number of nitrogens with zero attached hydrogens (tertiary/aromatic N) is 2. The van der Waals surface area contributed by atoms with E-state index in [4.69, 9.17) is 4.74 Å². The maximum atomic E-state index is 11.8. The van der Waals surface area contributed by atoms with E-state index >= 15 is 0 Å². The third kappa shape index (κ3) is 3.26. The van der Waals surface area contributed by atoms with Gasteiger partial charge in [-0.2, -0.15) is 0 Å². The Hall–Kier alpha value is -2.26. The molecule has 0 radical (unpaired) electrons. The van der Waals surface area contributed by atoms with Gasteiger partial charge >= 0.3 is 11.7 Å². The molecule has 2 heterocycles. The van der Waals surface area contributed by atoms with Crippen molar-refractivity contribution in [2.24, 2.45) is 5.16 Å². The number of aliphatic hydroxyl groups is 1. The number of carbonyl (C=O) groups is 1. The van der Waals surface area contributed by atoms with Gasteiger partial charge in [0.05, 0.1) is 12.3 Å². The fourth-order valence-corrected chi connectivity index (χ4v) is 1.96. The molecule has 2 N–H and O–H groups in total. The average molecular weight is 297 g/mol. The van der Waals surface area contributed by atoms with Crippen LogP contribution in [0.4, 0.5) is 0 Å². The molecule has 114 valence electrons. The fourth-order valence-electron chi connectivity index (χ4n) is 1.96. The molecule has 9 nitrogen and oxygen atoms in total. The van der Waals surface area contributed by atoms with Crippen LogP contribution in [0.25, 0.3) is 0 Å². The minimum absolute atomic E-state index is 0.157. The van der Waals surface area contributed by atoms with Crippen LogP contribution < -0.4 is 11.2 Å². The molecular formula is C12H15N3O6. The summed E-state index contributed by atoms with van der Waals surface area (Å²) in [6, 6.07) is 0. The van der Waals surface area contributed by atoms with Crippen molar-refractivity contribution in [2.45, 2.75) is 32.6 Å². The van der Waals surface area contributed by atoms with Crippen molar-refractivity contribution in [2.75, 3.05) is 6.61 Å². The summed E-state index contributed by atoms with van der Waals surface area (Å²) in [6.45, 7) is 2.38. The van der Waals surface area contributed by atoms with Gasteiger partial charge < -0.3 is 14.7 Å². The van der Waals surface area contributed by atoms with Crippen molar-refractivity contribution in [3.63, 3.8) is 0 Å². The van der Waals surface area contributed by atoms with Crippen LogP contribution in [0, 0.1) is 6.92 Å². The van der Waals surface area contributed by atoms with Gasteiger partial charge in [0.25, 0.3) is 5.56 Å². The molecular weight excluding hydrogens is 282 g/mol. The highest BCUT2D eigenvalue weighted by atomic mass is 16.7. The van der Waals surface area contributed by atoms with Crippen LogP contribution in [0.1, 0.15) is 25.1 Å². The smallest absolute Gasteiger partial charge is 0.331 e. The molecule has 0 saturated carbocycles. The Kier molecular flexibility index (Phi) is 4.34. The Labute approximate surface area is 118 Å². The van der Waals surface area contributed by atoms with Gasteiger partial charge in [-0.3, -0.25) is 14.3 Å². The van der Waals surface area contributed by atoms with Crippen molar-refractivity contribution in [1.29, 1.82) is 0 Å². The SMILES string of the molecule is CC(=O)O/N=C1\C[C@H](n2cc(C)c(=O)[nH]c2=O)O[C@@H]1CO. The Balaban J connectivity index is 2.29. The minimum Gasteiger partial charge on any atom is -0.393 e. The molecule has 9 heteroatoms. The van der Waals surface area contributed by atoms with Gasteiger partial charge in [-0.25, -0.2) is 9.59 Å². The van der Waals surface area contributed by atoms with E-state index in [1.54, 1.807) is 6.92 Å². The number of rotatable bonds is 3. The maximum Gasteiger partial charge on any atom is 0.331 e. The summed E-state index contributed by atoms with van der Waals surface area (Å²) < 4.78 is 6.69. The number of aromatic nitrogens is 2. The van der Waals surface area contributed by atoms with Gasteiger partial charge in [-0.15, -0.1) is 0 Å². The standard InChI is InChI=1S/C12H15N3O6/c1-6-4-15(12(19)13-11(6)18)10-3-8(9(5-16)20-10)14-21-7(2)17/h4,9-10,16H,3,5H2,1-2H3,(H,13,18,19)/b14-8+/t9-,10-/m1/s1. The summed E-state index contributed by atoms with van der Waals surface area (Å²) >= 11 is 0. The van der Waals surface area contributed by atoms with Crippen molar-refractivity contribution in [1.82, 2.24) is 9.55 Å². The number of nitrogens with one attached hydrogen (secondary N) is 1. The number of H-pyrrole nitrogens is 1. The number of hydrogen-bond acceptors (Lipinski definition) is 7. The molecule has 2 rings (SSSR count). The van der Waals surface area contributed by atoms with E-state index in [0.717, 1.165) is 0 Å². The van der Waals surface area contributed by atoms with Crippen LogP contribution in [0.3, 0.4) is 0 Å². The molecule has 0 unspecified atom stereocenters. The zero-order chi connectivity index (χ0) is 15.6. The Morgan fingerprint density at radius 3 is 2.95 bits per heavy atom. The molecule has 1 fully saturated rings. The number of ether oxygens (including phenoxy) is 1. The van der Waals surface area contributed by atoms with E-state index in [0.29, 0.717) is 11.3 Å². The van der Waals surface area contributed by atoms with Crippen LogP contribution in [0.15, 0.2) is 20.9 Å². The number of aromatic amines is 1. The quantitative estimate of drug-likeness (QED) is 0.547. The third-order valence-corrected chi connectivity index (χ3v) is 2.99. The van der Waals surface area contributed by atoms with Crippen molar-refractivity contribution in [3.05, 3.63) is 32.6 Å². The molecule has 1 aromatic rings. The third-order valence-electron chi connectivity index (χ3n) is 2.99. The van der Waals surface area contributed by atoms with E-state index in [-0.39, 0.29) is 13.0 Å². The largest absolute Gasteiger partial charge is 0.393 e. The summed E-state index contributed by atoms with van der Waals surface area (Å²) in [6.07, 6.45) is 0.0202. The Bertz CT molecular complexity index is 689. The molecule has 21 heavy (non-hydrogen) atoms. The lowest BCUT2D eigenvalue weighted by molar-refractivity contribution is -0.141. The minimum atomic E-state index is -0.770. The first-order valence-corrected chi connectivity index (χ1v) is 6.25. The molecule has 0 amide bonds. The molecule has 0 bridgehead atoms. The lowest BCUT2D eigenvalue weighted by Gasteiger charge is -2.14. The normalized spacial score (nSPS) is 23.5. The van der Waals surface area contributed by atoms with E-state index in [1.807, 2.05) is 0 Å². The van der Waals surface area contributed by atoms with Crippen molar-refractivity contribution >= 4 is 11.7 Å². The number of hydrogen-bond donors (Lipinski definition) is 2. The Morgan fingerprint density at radius 2 is 2.33 bits per heavy atom. The van der Waals surface area contributed by atoms with E-state index in [9.17, 15) is 19.5 Å². The summed E-state index contributed by atoms with van der Waals surface area (Å²) in [4.78, 5) is 40.6. The summed E-state index contributed by atoms with van der Waals surface area (Å²) in [5.74, 6) is -0.598. The zero-order valence-corrected chi connectivity index (χ0v) is 11.5. The van der Waals surface area contributed by atoms with Crippen LogP contribution in [-0.2, 0) is 14.4 Å². The van der Waals surface area contributed by atoms with Crippen molar-refractivity contribution in [3.8, 4) is 0 Å². The summed E-state index contributed by atoms with van der Waals surface area (Å²) in [5, 5.41) is 12.9. The van der Waals surface area contributed by atoms with E-state index < -0.39 is 29.6 Å². The monoisotopic (exact) mass is 297 g/mol. The first kappa shape index (κ1) is 15.1. The highest BCUT2D eigenvalue weighted by Gasteiger charge is 2.33. The summed E-state index contributed by atoms with van der Waals surface area (Å²) in [5.41, 5.74) is -0.430. The first-order chi connectivity index (χ1) is 9.92. The van der Waals surface area contributed by atoms with Crippen molar-refractivity contribution < 1.29 is 19.5 Å². The van der Waals surface area contributed by atoms with E-state index in [2.05, 4.69) is 15.0 Å². The molecule has 1 aromatic heterocycles. The topological polar surface area (TPSA) is 123 Å². The average Bonchev–Trinajstić information content (AvgIpc) is 2.83. The second-order valence-corrected chi connectivity index (χ2v) is 4.61. The first-order valence-electron chi connectivity index (χ1n) is 6.25. The predicted octanol–water partition coefficient (Wildman–Crippen LogP) is -0.956. The molecule has 1 aliphatic heterocycles. The van der Waals surface area contributed by atoms with E-state index in [1.165, 1.54) is 17.7 Å². The van der Waals surface area contributed by atoms with Gasteiger partial charge in [0.15, 0.2) is 0 Å². The molecule has 1 saturated heterocycles. The van der Waals surface area contributed by atoms with Gasteiger partial charge in [0.2, 0.25) is 0 Å². The predicted molar refractivity (Wildman–Crippen MR) is 70.9 cm³/mol. The van der Waals surface area contributed by atoms with Crippen LogP contribution in [0.5, 0.6) is 0 Å². The van der Waals surface area contributed by atoms with Gasteiger partial charge in [-0.1, -0.05) is 5.16 Å². The zero-order valence-electron chi connectivity index (χ0n) is 11.5. The lowest BCUT2D eigenvalue weighted by atomic mass is 10.2. The molecule has 2 atom stereocenters. The second kappa shape index (κ2) is 6.02. The number of aryl methyl sites for hydroxylation is 1. The second-order valence-electron chi connectivity index (χ2n) is 4.61. The molecule has 0 aliphatic carbocycles. The Morgan fingerprint density at radius 1 is 1.62 bits per heavy atom. The molecule has 1 aliphatic rings.